The SMILES string of the molecule is Cc1nnc(-c2ccccc2NS(=O)(=O)Cc2ccc(Cl)c(Cl)c2)o1. The molecule has 0 atom stereocenters. The fourth-order valence-corrected chi connectivity index (χ4v) is 3.74. The van der Waals surface area contributed by atoms with Gasteiger partial charge in [0.05, 0.1) is 27.0 Å². The highest BCUT2D eigenvalue weighted by Gasteiger charge is 2.17. The van der Waals surface area contributed by atoms with E-state index in [1.807, 2.05) is 0 Å². The van der Waals surface area contributed by atoms with Crippen molar-refractivity contribution in [2.45, 2.75) is 12.7 Å². The first kappa shape index (κ1) is 17.7. The molecule has 0 spiro atoms. The molecular formula is C16H13Cl2N3O3S. The molecule has 1 N–H and O–H groups in total. The molecule has 1 heterocycles. The van der Waals surface area contributed by atoms with Crippen molar-refractivity contribution in [3.63, 3.8) is 0 Å². The fourth-order valence-electron chi connectivity index (χ4n) is 2.22. The van der Waals surface area contributed by atoms with Crippen LogP contribution in [0.1, 0.15) is 11.5 Å². The summed E-state index contributed by atoms with van der Waals surface area (Å²) in [6.07, 6.45) is 0. The standard InChI is InChI=1S/C16H13Cl2N3O3S/c1-10-19-20-16(24-10)12-4-2-3-5-15(12)21-25(22,23)9-11-6-7-13(17)14(18)8-11/h2-8,21H,9H2,1H3. The molecule has 0 fully saturated rings. The number of para-hydroxylation sites is 1. The average molecular weight is 398 g/mol. The summed E-state index contributed by atoms with van der Waals surface area (Å²) in [6, 6.07) is 11.5. The van der Waals surface area contributed by atoms with Crippen LogP contribution >= 0.6 is 23.2 Å². The maximum Gasteiger partial charge on any atom is 0.249 e. The zero-order valence-corrected chi connectivity index (χ0v) is 15.4. The Morgan fingerprint density at radius 3 is 2.52 bits per heavy atom. The van der Waals surface area contributed by atoms with Crippen LogP contribution in [0.15, 0.2) is 46.9 Å². The Labute approximate surface area is 154 Å². The highest BCUT2D eigenvalue weighted by molar-refractivity contribution is 7.91. The van der Waals surface area contributed by atoms with Gasteiger partial charge in [0.25, 0.3) is 0 Å². The smallest absolute Gasteiger partial charge is 0.249 e. The van der Waals surface area contributed by atoms with Crippen LogP contribution in [-0.2, 0) is 15.8 Å². The van der Waals surface area contributed by atoms with Gasteiger partial charge in [-0.25, -0.2) is 8.42 Å². The largest absolute Gasteiger partial charge is 0.421 e. The first-order valence-corrected chi connectivity index (χ1v) is 9.59. The van der Waals surface area contributed by atoms with Crippen molar-refractivity contribution >= 4 is 38.9 Å². The predicted molar refractivity (Wildman–Crippen MR) is 97.2 cm³/mol. The predicted octanol–water partition coefficient (Wildman–Crippen LogP) is 4.29. The van der Waals surface area contributed by atoms with E-state index in [1.54, 1.807) is 43.3 Å². The second kappa shape index (κ2) is 7.03. The third kappa shape index (κ3) is 4.31. The van der Waals surface area contributed by atoms with Crippen molar-refractivity contribution in [3.05, 3.63) is 64.0 Å². The Morgan fingerprint density at radius 2 is 1.84 bits per heavy atom. The van der Waals surface area contributed by atoms with Gasteiger partial charge >= 0.3 is 0 Å². The van der Waals surface area contributed by atoms with Gasteiger partial charge in [-0.15, -0.1) is 10.2 Å². The molecule has 0 saturated carbocycles. The molecule has 3 rings (SSSR count). The monoisotopic (exact) mass is 397 g/mol. The minimum absolute atomic E-state index is 0.241. The van der Waals surface area contributed by atoms with Crippen molar-refractivity contribution in [3.8, 4) is 11.5 Å². The molecule has 0 saturated heterocycles. The Bertz CT molecular complexity index is 1020. The van der Waals surface area contributed by atoms with Gasteiger partial charge in [0.15, 0.2) is 0 Å². The molecule has 1 aromatic heterocycles. The van der Waals surface area contributed by atoms with Crippen molar-refractivity contribution < 1.29 is 12.8 Å². The molecule has 2 aromatic carbocycles. The van der Waals surface area contributed by atoms with Crippen molar-refractivity contribution in [1.82, 2.24) is 10.2 Å². The number of hydrogen-bond acceptors (Lipinski definition) is 5. The van der Waals surface area contributed by atoms with Gasteiger partial charge in [0.1, 0.15) is 0 Å². The zero-order chi connectivity index (χ0) is 18.0. The minimum Gasteiger partial charge on any atom is -0.421 e. The van der Waals surface area contributed by atoms with Gasteiger partial charge in [-0.05, 0) is 29.8 Å². The second-order valence-corrected chi connectivity index (χ2v) is 7.82. The molecule has 130 valence electrons. The molecule has 0 amide bonds. The van der Waals surface area contributed by atoms with Gasteiger partial charge in [0.2, 0.25) is 21.8 Å². The average Bonchev–Trinajstić information content (AvgIpc) is 2.97. The third-order valence-electron chi connectivity index (χ3n) is 3.29. The van der Waals surface area contributed by atoms with Crippen LogP contribution in [0.25, 0.3) is 11.5 Å². The van der Waals surface area contributed by atoms with E-state index in [0.29, 0.717) is 32.8 Å². The Morgan fingerprint density at radius 1 is 1.08 bits per heavy atom. The van der Waals surface area contributed by atoms with E-state index in [2.05, 4.69) is 14.9 Å². The van der Waals surface area contributed by atoms with Gasteiger partial charge in [-0.1, -0.05) is 41.4 Å². The topological polar surface area (TPSA) is 85.1 Å². The van der Waals surface area contributed by atoms with Gasteiger partial charge < -0.3 is 4.42 Å². The normalized spacial score (nSPS) is 11.5. The summed E-state index contributed by atoms with van der Waals surface area (Å²) < 4.78 is 32.9. The molecule has 0 unspecified atom stereocenters. The van der Waals surface area contributed by atoms with Crippen LogP contribution in [0.4, 0.5) is 5.69 Å². The van der Waals surface area contributed by atoms with Crippen LogP contribution in [-0.4, -0.2) is 18.6 Å². The Hall–Kier alpha value is -2.09. The number of rotatable bonds is 5. The summed E-state index contributed by atoms with van der Waals surface area (Å²) in [4.78, 5) is 0. The number of sulfonamides is 1. The third-order valence-corrected chi connectivity index (χ3v) is 5.27. The summed E-state index contributed by atoms with van der Waals surface area (Å²) in [6.45, 7) is 1.66. The molecule has 0 bridgehead atoms. The number of aromatic nitrogens is 2. The number of nitrogens with zero attached hydrogens (tertiary/aromatic N) is 2. The number of halogens is 2. The maximum absolute atomic E-state index is 12.5. The molecule has 9 heteroatoms. The lowest BCUT2D eigenvalue weighted by Gasteiger charge is -2.11. The second-order valence-electron chi connectivity index (χ2n) is 5.28. The number of anilines is 1. The van der Waals surface area contributed by atoms with Crippen molar-refractivity contribution in [2.75, 3.05) is 4.72 Å². The van der Waals surface area contributed by atoms with Gasteiger partial charge in [-0.3, -0.25) is 4.72 Å². The van der Waals surface area contributed by atoms with E-state index in [9.17, 15) is 8.42 Å². The van der Waals surface area contributed by atoms with E-state index >= 15 is 0 Å². The van der Waals surface area contributed by atoms with E-state index in [1.165, 1.54) is 6.07 Å². The summed E-state index contributed by atoms with van der Waals surface area (Å²) in [7, 11) is -3.68. The van der Waals surface area contributed by atoms with Crippen LogP contribution in [0.3, 0.4) is 0 Å². The van der Waals surface area contributed by atoms with Crippen LogP contribution in [0.2, 0.25) is 10.0 Å². The highest BCUT2D eigenvalue weighted by Crippen LogP contribution is 2.28. The number of nitrogens with one attached hydrogen (secondary N) is 1. The summed E-state index contributed by atoms with van der Waals surface area (Å²) in [5, 5.41) is 8.36. The molecule has 0 aliphatic carbocycles. The first-order valence-electron chi connectivity index (χ1n) is 7.18. The highest BCUT2D eigenvalue weighted by atomic mass is 35.5. The molecule has 3 aromatic rings. The van der Waals surface area contributed by atoms with E-state index < -0.39 is 10.0 Å². The zero-order valence-electron chi connectivity index (χ0n) is 13.0. The number of aryl methyl sites for hydroxylation is 1. The maximum atomic E-state index is 12.5. The lowest BCUT2D eigenvalue weighted by molar-refractivity contribution is 0.533. The van der Waals surface area contributed by atoms with E-state index in [0.717, 1.165) is 0 Å². The lowest BCUT2D eigenvalue weighted by Crippen LogP contribution is -2.15. The van der Waals surface area contributed by atoms with Crippen molar-refractivity contribution in [1.29, 1.82) is 0 Å². The van der Waals surface area contributed by atoms with Gasteiger partial charge in [-0.2, -0.15) is 0 Å². The summed E-state index contributed by atoms with van der Waals surface area (Å²) in [5.41, 5.74) is 1.38. The van der Waals surface area contributed by atoms with Gasteiger partial charge in [0, 0.05) is 6.92 Å². The molecular weight excluding hydrogens is 385 g/mol. The molecule has 0 radical (unpaired) electrons. The van der Waals surface area contributed by atoms with E-state index in [4.69, 9.17) is 27.6 Å². The number of hydrogen-bond donors (Lipinski definition) is 1. The lowest BCUT2D eigenvalue weighted by atomic mass is 10.2. The summed E-state index contributed by atoms with van der Waals surface area (Å²) >= 11 is 11.8. The fraction of sp³-hybridized carbons (Fsp3) is 0.125. The van der Waals surface area contributed by atoms with Crippen LogP contribution < -0.4 is 4.72 Å². The molecule has 0 aliphatic heterocycles. The first-order chi connectivity index (χ1) is 11.8. The quantitative estimate of drug-likeness (QED) is 0.693. The van der Waals surface area contributed by atoms with Crippen molar-refractivity contribution in [2.24, 2.45) is 0 Å². The minimum atomic E-state index is -3.68. The summed E-state index contributed by atoms with van der Waals surface area (Å²) in [5.74, 6) is 0.384. The number of benzene rings is 2. The molecule has 0 aliphatic rings. The van der Waals surface area contributed by atoms with E-state index in [-0.39, 0.29) is 11.6 Å². The molecule has 25 heavy (non-hydrogen) atoms. The Balaban J connectivity index is 1.87. The van der Waals surface area contributed by atoms with Crippen LogP contribution in [0, 0.1) is 6.92 Å². The Kier molecular flexibility index (Phi) is 4.99. The molecule has 6 nitrogen and oxygen atoms in total. The van der Waals surface area contributed by atoms with Crippen LogP contribution in [0.5, 0.6) is 0 Å².